The Hall–Kier alpha value is -1.15. The largest absolute Gasteiger partial charge is 0.467 e. The van der Waals surface area contributed by atoms with Gasteiger partial charge in [0.1, 0.15) is 12.1 Å². The van der Waals surface area contributed by atoms with E-state index >= 15 is 0 Å². The predicted octanol–water partition coefficient (Wildman–Crippen LogP) is 1.90. The molecular formula is C16H22INO4. The van der Waals surface area contributed by atoms with Gasteiger partial charge in [-0.25, -0.2) is 4.79 Å². The predicted molar refractivity (Wildman–Crippen MR) is 92.3 cm³/mol. The Morgan fingerprint density at radius 1 is 1.36 bits per heavy atom. The van der Waals surface area contributed by atoms with Crippen LogP contribution in [0.5, 0.6) is 0 Å². The van der Waals surface area contributed by atoms with Gasteiger partial charge in [0.25, 0.3) is 0 Å². The number of esters is 1. The zero-order valence-electron chi connectivity index (χ0n) is 13.0. The first-order valence-electron chi connectivity index (χ1n) is 7.14. The van der Waals surface area contributed by atoms with Gasteiger partial charge in [0.15, 0.2) is 0 Å². The molecule has 6 heteroatoms. The van der Waals surface area contributed by atoms with Crippen LogP contribution in [0.25, 0.3) is 0 Å². The van der Waals surface area contributed by atoms with Gasteiger partial charge in [-0.3, -0.25) is 4.79 Å². The Morgan fingerprint density at radius 2 is 2.05 bits per heavy atom. The molecule has 122 valence electrons. The highest BCUT2D eigenvalue weighted by molar-refractivity contribution is 14.1. The van der Waals surface area contributed by atoms with E-state index in [9.17, 15) is 14.7 Å². The Bertz CT molecular complexity index is 519. The van der Waals surface area contributed by atoms with E-state index < -0.39 is 24.0 Å². The van der Waals surface area contributed by atoms with Gasteiger partial charge in [0, 0.05) is 9.99 Å². The Balaban J connectivity index is 2.77. The van der Waals surface area contributed by atoms with Gasteiger partial charge in [-0.05, 0) is 52.6 Å². The molecule has 0 saturated carbocycles. The third-order valence-corrected chi connectivity index (χ3v) is 3.80. The van der Waals surface area contributed by atoms with Crippen LogP contribution >= 0.6 is 22.6 Å². The lowest BCUT2D eigenvalue weighted by Gasteiger charge is -2.19. The van der Waals surface area contributed by atoms with Gasteiger partial charge in [0.05, 0.1) is 7.11 Å². The van der Waals surface area contributed by atoms with Gasteiger partial charge in [0.2, 0.25) is 5.91 Å². The Morgan fingerprint density at radius 3 is 2.59 bits per heavy atom. The minimum absolute atomic E-state index is 0.188. The summed E-state index contributed by atoms with van der Waals surface area (Å²) in [6.45, 7) is 3.83. The van der Waals surface area contributed by atoms with Crippen LogP contribution in [0.3, 0.4) is 0 Å². The number of ether oxygens (including phenoxy) is 1. The average molecular weight is 419 g/mol. The molecule has 0 bridgehead atoms. The van der Waals surface area contributed by atoms with Crippen LogP contribution in [0.4, 0.5) is 0 Å². The monoisotopic (exact) mass is 419 g/mol. The van der Waals surface area contributed by atoms with E-state index in [1.807, 2.05) is 38.1 Å². The topological polar surface area (TPSA) is 75.6 Å². The van der Waals surface area contributed by atoms with Gasteiger partial charge in [-0.1, -0.05) is 26.0 Å². The number of halogens is 1. The summed E-state index contributed by atoms with van der Waals surface area (Å²) in [4.78, 5) is 23.9. The van der Waals surface area contributed by atoms with E-state index in [0.29, 0.717) is 12.8 Å². The highest BCUT2D eigenvalue weighted by atomic mass is 127. The first-order chi connectivity index (χ1) is 10.3. The summed E-state index contributed by atoms with van der Waals surface area (Å²) >= 11 is 2.18. The number of carbonyl (C=O) groups excluding carboxylic acids is 2. The second kappa shape index (κ2) is 9.09. The molecule has 0 aromatic heterocycles. The number of amides is 1. The van der Waals surface area contributed by atoms with Crippen molar-refractivity contribution in [2.45, 2.75) is 38.8 Å². The summed E-state index contributed by atoms with van der Waals surface area (Å²) in [7, 11) is 1.28. The van der Waals surface area contributed by atoms with Crippen molar-refractivity contribution in [2.75, 3.05) is 7.11 Å². The highest BCUT2D eigenvalue weighted by Crippen LogP contribution is 2.11. The molecule has 0 fully saturated rings. The number of carbonyl (C=O) groups is 2. The zero-order chi connectivity index (χ0) is 16.7. The lowest BCUT2D eigenvalue weighted by Crippen LogP contribution is -2.47. The fourth-order valence-corrected chi connectivity index (χ4v) is 2.66. The number of hydrogen-bond acceptors (Lipinski definition) is 4. The minimum Gasteiger partial charge on any atom is -0.467 e. The number of hydrogen-bond donors (Lipinski definition) is 2. The smallest absolute Gasteiger partial charge is 0.328 e. The first-order valence-corrected chi connectivity index (χ1v) is 8.22. The minimum atomic E-state index is -1.12. The van der Waals surface area contributed by atoms with Crippen molar-refractivity contribution in [3.05, 3.63) is 33.4 Å². The first kappa shape index (κ1) is 18.9. The summed E-state index contributed by atoms with van der Waals surface area (Å²) in [6, 6.07) is 6.85. The molecule has 5 nitrogen and oxygen atoms in total. The van der Waals surface area contributed by atoms with Crippen LogP contribution in [-0.2, 0) is 20.7 Å². The summed E-state index contributed by atoms with van der Waals surface area (Å²) in [5.74, 6) is -0.883. The van der Waals surface area contributed by atoms with Crippen molar-refractivity contribution in [2.24, 2.45) is 5.92 Å². The molecule has 0 radical (unpaired) electrons. The Labute approximate surface area is 144 Å². The number of aliphatic hydroxyl groups is 1. The number of benzene rings is 1. The molecule has 0 aliphatic heterocycles. The van der Waals surface area contributed by atoms with E-state index in [-0.39, 0.29) is 5.92 Å². The third kappa shape index (κ3) is 6.31. The van der Waals surface area contributed by atoms with Crippen molar-refractivity contribution in [3.63, 3.8) is 0 Å². The van der Waals surface area contributed by atoms with E-state index in [1.165, 1.54) is 7.11 Å². The fourth-order valence-electron chi connectivity index (χ4n) is 2.06. The maximum atomic E-state index is 12.0. The summed E-state index contributed by atoms with van der Waals surface area (Å²) in [6.07, 6.45) is -0.449. The molecule has 0 saturated heterocycles. The summed E-state index contributed by atoms with van der Waals surface area (Å²) in [5.41, 5.74) is 0.918. The van der Waals surface area contributed by atoms with E-state index in [2.05, 4.69) is 27.9 Å². The number of aliphatic hydroxyl groups excluding tert-OH is 1. The standard InChI is InChI=1S/C16H22INO4/c1-10(2)7-14(19)15(20)18-13(16(21)22-3)9-11-5-4-6-12(17)8-11/h4-6,8,10,13-14,19H,7,9H2,1-3H3,(H,18,20)/t13-,14+/m0/s1. The zero-order valence-corrected chi connectivity index (χ0v) is 15.2. The molecule has 22 heavy (non-hydrogen) atoms. The van der Waals surface area contributed by atoms with Gasteiger partial charge in [-0.15, -0.1) is 0 Å². The normalized spacial score (nSPS) is 13.5. The maximum Gasteiger partial charge on any atom is 0.328 e. The molecular weight excluding hydrogens is 397 g/mol. The maximum absolute atomic E-state index is 12.0. The van der Waals surface area contributed by atoms with Gasteiger partial charge >= 0.3 is 5.97 Å². The van der Waals surface area contributed by atoms with Crippen LogP contribution in [0.2, 0.25) is 0 Å². The third-order valence-electron chi connectivity index (χ3n) is 3.13. The van der Waals surface area contributed by atoms with Crippen LogP contribution in [-0.4, -0.2) is 36.2 Å². The van der Waals surface area contributed by atoms with Crippen LogP contribution < -0.4 is 5.32 Å². The molecule has 2 N–H and O–H groups in total. The van der Waals surface area contributed by atoms with Crippen LogP contribution in [0.1, 0.15) is 25.8 Å². The molecule has 0 heterocycles. The SMILES string of the molecule is COC(=O)[C@H](Cc1cccc(I)c1)NC(=O)[C@H](O)CC(C)C. The van der Waals surface area contributed by atoms with Crippen molar-refractivity contribution < 1.29 is 19.4 Å². The Kier molecular flexibility index (Phi) is 7.81. The highest BCUT2D eigenvalue weighted by Gasteiger charge is 2.25. The average Bonchev–Trinajstić information content (AvgIpc) is 2.44. The van der Waals surface area contributed by atoms with Crippen molar-refractivity contribution in [3.8, 4) is 0 Å². The number of methoxy groups -OCH3 is 1. The molecule has 2 atom stereocenters. The second-order valence-corrected chi connectivity index (χ2v) is 6.81. The van der Waals surface area contributed by atoms with Gasteiger partial charge < -0.3 is 15.2 Å². The molecule has 0 aliphatic rings. The molecule has 1 aromatic rings. The second-order valence-electron chi connectivity index (χ2n) is 5.56. The summed E-state index contributed by atoms with van der Waals surface area (Å²) in [5, 5.41) is 12.4. The lowest BCUT2D eigenvalue weighted by atomic mass is 10.0. The molecule has 1 amide bonds. The molecule has 1 aromatic carbocycles. The quantitative estimate of drug-likeness (QED) is 0.523. The van der Waals surface area contributed by atoms with Crippen molar-refractivity contribution in [1.82, 2.24) is 5.32 Å². The van der Waals surface area contributed by atoms with E-state index in [1.54, 1.807) is 0 Å². The van der Waals surface area contributed by atoms with E-state index in [0.717, 1.165) is 9.13 Å². The van der Waals surface area contributed by atoms with Crippen molar-refractivity contribution >= 4 is 34.5 Å². The van der Waals surface area contributed by atoms with E-state index in [4.69, 9.17) is 4.74 Å². The summed E-state index contributed by atoms with van der Waals surface area (Å²) < 4.78 is 5.79. The molecule has 1 rings (SSSR count). The van der Waals surface area contributed by atoms with Crippen molar-refractivity contribution in [1.29, 1.82) is 0 Å². The number of rotatable bonds is 7. The lowest BCUT2D eigenvalue weighted by molar-refractivity contribution is -0.146. The fraction of sp³-hybridized carbons (Fsp3) is 0.500. The van der Waals surface area contributed by atoms with Crippen LogP contribution in [0.15, 0.2) is 24.3 Å². The molecule has 0 spiro atoms. The number of nitrogens with one attached hydrogen (secondary N) is 1. The molecule has 0 unspecified atom stereocenters. The van der Waals surface area contributed by atoms with Gasteiger partial charge in [-0.2, -0.15) is 0 Å². The van der Waals surface area contributed by atoms with Crippen LogP contribution in [0, 0.1) is 9.49 Å². The molecule has 0 aliphatic carbocycles.